The lowest BCUT2D eigenvalue weighted by Crippen LogP contribution is -2.25. The maximum absolute atomic E-state index is 13.5. The molecule has 20 heavy (non-hydrogen) atoms. The van der Waals surface area contributed by atoms with Gasteiger partial charge in [0.05, 0.1) is 12.5 Å². The van der Waals surface area contributed by atoms with Crippen LogP contribution in [0.15, 0.2) is 18.2 Å². The van der Waals surface area contributed by atoms with E-state index < -0.39 is 5.82 Å². The fraction of sp³-hybridized carbons (Fsp3) is 0.500. The SMILES string of the molecule is N#CCc1cc(C(=O)C2CC3CCC(C2)S3)ccc1F. The Morgan fingerprint density at radius 3 is 2.70 bits per heavy atom. The number of fused-ring (bicyclic) bond motifs is 2. The highest BCUT2D eigenvalue weighted by Gasteiger charge is 2.37. The molecule has 2 aliphatic heterocycles. The van der Waals surface area contributed by atoms with Crippen LogP contribution in [0.3, 0.4) is 0 Å². The number of hydrogen-bond acceptors (Lipinski definition) is 3. The first kappa shape index (κ1) is 13.6. The summed E-state index contributed by atoms with van der Waals surface area (Å²) in [5.74, 6) is -0.196. The predicted octanol–water partition coefficient (Wildman–Crippen LogP) is 3.75. The first-order valence-corrected chi connectivity index (χ1v) is 7.96. The highest BCUT2D eigenvalue weighted by atomic mass is 32.2. The number of thioether (sulfide) groups is 1. The van der Waals surface area contributed by atoms with E-state index in [2.05, 4.69) is 0 Å². The van der Waals surface area contributed by atoms with Crippen LogP contribution in [0.4, 0.5) is 4.39 Å². The van der Waals surface area contributed by atoms with Crippen LogP contribution in [0.5, 0.6) is 0 Å². The second kappa shape index (κ2) is 5.57. The van der Waals surface area contributed by atoms with Crippen molar-refractivity contribution >= 4 is 17.5 Å². The van der Waals surface area contributed by atoms with Crippen LogP contribution in [0.1, 0.15) is 41.6 Å². The number of benzene rings is 1. The van der Waals surface area contributed by atoms with Crippen molar-refractivity contribution in [2.45, 2.75) is 42.6 Å². The molecule has 1 aromatic rings. The Kier molecular flexibility index (Phi) is 3.80. The zero-order chi connectivity index (χ0) is 14.1. The number of halogens is 1. The van der Waals surface area contributed by atoms with Crippen molar-refractivity contribution < 1.29 is 9.18 Å². The Balaban J connectivity index is 1.80. The molecule has 0 radical (unpaired) electrons. The number of rotatable bonds is 3. The molecule has 0 spiro atoms. The van der Waals surface area contributed by atoms with Crippen LogP contribution >= 0.6 is 11.8 Å². The molecule has 2 fully saturated rings. The van der Waals surface area contributed by atoms with Crippen LogP contribution in [-0.4, -0.2) is 16.3 Å². The van der Waals surface area contributed by atoms with Crippen molar-refractivity contribution in [2.24, 2.45) is 5.92 Å². The van der Waals surface area contributed by atoms with Crippen molar-refractivity contribution in [3.8, 4) is 6.07 Å². The molecule has 2 atom stereocenters. The van der Waals surface area contributed by atoms with Gasteiger partial charge >= 0.3 is 0 Å². The Bertz CT molecular complexity index is 568. The van der Waals surface area contributed by atoms with Crippen LogP contribution in [-0.2, 0) is 6.42 Å². The third kappa shape index (κ3) is 2.60. The lowest BCUT2D eigenvalue weighted by molar-refractivity contribution is 0.0906. The highest BCUT2D eigenvalue weighted by molar-refractivity contribution is 8.00. The Hall–Kier alpha value is -1.34. The lowest BCUT2D eigenvalue weighted by atomic mass is 9.89. The predicted molar refractivity (Wildman–Crippen MR) is 77.2 cm³/mol. The first-order valence-electron chi connectivity index (χ1n) is 7.02. The van der Waals surface area contributed by atoms with Gasteiger partial charge in [0.15, 0.2) is 5.78 Å². The molecule has 0 N–H and O–H groups in total. The summed E-state index contributed by atoms with van der Waals surface area (Å²) >= 11 is 2.03. The molecule has 2 unspecified atom stereocenters. The maximum Gasteiger partial charge on any atom is 0.166 e. The largest absolute Gasteiger partial charge is 0.294 e. The molecule has 4 heteroatoms. The van der Waals surface area contributed by atoms with Gasteiger partial charge in [0.25, 0.3) is 0 Å². The van der Waals surface area contributed by atoms with E-state index in [0.717, 1.165) is 12.8 Å². The number of hydrogen-bond donors (Lipinski definition) is 0. The molecule has 3 rings (SSSR count). The quantitative estimate of drug-likeness (QED) is 0.796. The van der Waals surface area contributed by atoms with Crippen LogP contribution in [0.2, 0.25) is 0 Å². The fourth-order valence-corrected chi connectivity index (χ4v) is 5.03. The number of carbonyl (C=O) groups excluding carboxylic acids is 1. The van der Waals surface area contributed by atoms with Gasteiger partial charge in [0.2, 0.25) is 0 Å². The van der Waals surface area contributed by atoms with E-state index in [1.54, 1.807) is 12.1 Å². The minimum atomic E-state index is -0.401. The van der Waals surface area contributed by atoms with Gasteiger partial charge in [0, 0.05) is 27.5 Å². The maximum atomic E-state index is 13.5. The first-order chi connectivity index (χ1) is 9.67. The van der Waals surface area contributed by atoms with E-state index in [1.165, 1.54) is 18.9 Å². The summed E-state index contributed by atoms with van der Waals surface area (Å²) in [5.41, 5.74) is 0.888. The molecule has 2 bridgehead atoms. The molecule has 0 aliphatic carbocycles. The van der Waals surface area contributed by atoms with Crippen molar-refractivity contribution in [3.05, 3.63) is 35.1 Å². The molecule has 0 saturated carbocycles. The van der Waals surface area contributed by atoms with Crippen molar-refractivity contribution in [1.29, 1.82) is 5.26 Å². The summed E-state index contributed by atoms with van der Waals surface area (Å²) in [6.07, 6.45) is 4.36. The third-order valence-electron chi connectivity index (χ3n) is 4.26. The second-order valence-electron chi connectivity index (χ2n) is 5.63. The molecule has 0 aromatic heterocycles. The normalized spacial score (nSPS) is 28.1. The van der Waals surface area contributed by atoms with Gasteiger partial charge in [-0.25, -0.2) is 4.39 Å². The van der Waals surface area contributed by atoms with Gasteiger partial charge in [-0.2, -0.15) is 17.0 Å². The lowest BCUT2D eigenvalue weighted by Gasteiger charge is -2.26. The number of nitriles is 1. The minimum Gasteiger partial charge on any atom is -0.294 e. The van der Waals surface area contributed by atoms with E-state index >= 15 is 0 Å². The average molecular weight is 289 g/mol. The van der Waals surface area contributed by atoms with Gasteiger partial charge in [-0.3, -0.25) is 4.79 Å². The topological polar surface area (TPSA) is 40.9 Å². The van der Waals surface area contributed by atoms with E-state index in [1.807, 2.05) is 17.8 Å². The smallest absolute Gasteiger partial charge is 0.166 e. The summed E-state index contributed by atoms with van der Waals surface area (Å²) in [6.45, 7) is 0. The summed E-state index contributed by atoms with van der Waals surface area (Å²) < 4.78 is 13.5. The molecule has 104 valence electrons. The zero-order valence-corrected chi connectivity index (χ0v) is 12.0. The molecule has 2 nitrogen and oxygen atoms in total. The Morgan fingerprint density at radius 2 is 2.05 bits per heavy atom. The average Bonchev–Trinajstić information content (AvgIpc) is 2.79. The van der Waals surface area contributed by atoms with Gasteiger partial charge in [-0.15, -0.1) is 0 Å². The van der Waals surface area contributed by atoms with Crippen LogP contribution in [0.25, 0.3) is 0 Å². The van der Waals surface area contributed by atoms with Crippen LogP contribution < -0.4 is 0 Å². The summed E-state index contributed by atoms with van der Waals surface area (Å²) in [6, 6.07) is 6.37. The molecule has 1 aromatic carbocycles. The van der Waals surface area contributed by atoms with Gasteiger partial charge < -0.3 is 0 Å². The summed E-state index contributed by atoms with van der Waals surface area (Å²) in [7, 11) is 0. The number of Topliss-reactive ketones (excluding diaryl/α,β-unsaturated/α-hetero) is 1. The molecule has 2 saturated heterocycles. The van der Waals surface area contributed by atoms with Crippen LogP contribution in [0, 0.1) is 23.1 Å². The highest BCUT2D eigenvalue weighted by Crippen LogP contribution is 2.46. The van der Waals surface area contributed by atoms with E-state index in [-0.39, 0.29) is 18.1 Å². The van der Waals surface area contributed by atoms with E-state index in [0.29, 0.717) is 21.6 Å². The van der Waals surface area contributed by atoms with E-state index in [9.17, 15) is 9.18 Å². The molecular formula is C16H16FNOS. The van der Waals surface area contributed by atoms with Crippen molar-refractivity contribution in [2.75, 3.05) is 0 Å². The number of carbonyl (C=O) groups is 1. The van der Waals surface area contributed by atoms with Crippen molar-refractivity contribution in [1.82, 2.24) is 0 Å². The fourth-order valence-electron chi connectivity index (χ4n) is 3.26. The van der Waals surface area contributed by atoms with Gasteiger partial charge in [0.1, 0.15) is 5.82 Å². The van der Waals surface area contributed by atoms with Crippen molar-refractivity contribution in [3.63, 3.8) is 0 Å². The third-order valence-corrected chi connectivity index (χ3v) is 5.89. The minimum absolute atomic E-state index is 0.0126. The number of nitrogens with zero attached hydrogens (tertiary/aromatic N) is 1. The Labute approximate surface area is 122 Å². The Morgan fingerprint density at radius 1 is 1.35 bits per heavy atom. The molecule has 0 amide bonds. The van der Waals surface area contributed by atoms with Gasteiger partial charge in [-0.05, 0) is 43.9 Å². The molecular weight excluding hydrogens is 273 g/mol. The standard InChI is InChI=1S/C16H16FNOS/c17-15-4-1-11(7-10(15)5-6-18)16(19)12-8-13-2-3-14(9-12)20-13/h1,4,7,12-14H,2-3,5,8-9H2. The zero-order valence-electron chi connectivity index (χ0n) is 11.1. The monoisotopic (exact) mass is 289 g/mol. The van der Waals surface area contributed by atoms with E-state index in [4.69, 9.17) is 5.26 Å². The summed E-state index contributed by atoms with van der Waals surface area (Å²) in [5, 5.41) is 9.95. The van der Waals surface area contributed by atoms with Gasteiger partial charge in [-0.1, -0.05) is 0 Å². The summed E-state index contributed by atoms with van der Waals surface area (Å²) in [4.78, 5) is 12.6. The molecule has 2 heterocycles. The second-order valence-corrected chi connectivity index (χ2v) is 7.24. The molecule has 2 aliphatic rings. The number of ketones is 1.